The molecule has 5 saturated carbocycles. The molecule has 338 valence electrons. The van der Waals surface area contributed by atoms with Gasteiger partial charge in [0.25, 0.3) is 11.8 Å². The molecule has 6 fully saturated rings. The van der Waals surface area contributed by atoms with Crippen molar-refractivity contribution in [2.75, 3.05) is 45.9 Å². The van der Waals surface area contributed by atoms with E-state index in [0.29, 0.717) is 66.8 Å². The van der Waals surface area contributed by atoms with E-state index in [2.05, 4.69) is 69.0 Å². The molecule has 2 aromatic carbocycles. The molecule has 9 unspecified atom stereocenters. The topological polar surface area (TPSA) is 120 Å². The molecule has 0 aromatic heterocycles. The predicted octanol–water partition coefficient (Wildman–Crippen LogP) is 8.36. The van der Waals surface area contributed by atoms with Crippen molar-refractivity contribution in [2.45, 2.75) is 125 Å². The molecule has 4 N–H and O–H groups in total. The maximum atomic E-state index is 14.7. The van der Waals surface area contributed by atoms with Crippen LogP contribution in [-0.4, -0.2) is 79.8 Å². The molecule has 0 bridgehead atoms. The summed E-state index contributed by atoms with van der Waals surface area (Å²) < 4.78 is 5.40. The van der Waals surface area contributed by atoms with Crippen molar-refractivity contribution in [3.05, 3.63) is 82.9 Å². The summed E-state index contributed by atoms with van der Waals surface area (Å²) in [5, 5.41) is 20.7. The number of hydrogen-bond donors (Lipinski definition) is 4. The zero-order valence-electron chi connectivity index (χ0n) is 38.8. The smallest absolute Gasteiger partial charge is 0.251 e. The highest BCUT2D eigenvalue weighted by atomic mass is 16.5. The number of ether oxygens (including phenoxy) is 1. The van der Waals surface area contributed by atoms with Crippen molar-refractivity contribution < 1.29 is 24.2 Å². The van der Waals surface area contributed by atoms with Crippen molar-refractivity contribution in [2.24, 2.45) is 56.7 Å². The summed E-state index contributed by atoms with van der Waals surface area (Å²) in [6, 6.07) is 15.1. The van der Waals surface area contributed by atoms with Crippen molar-refractivity contribution in [3.63, 3.8) is 0 Å². The molecule has 0 spiro atoms. The summed E-state index contributed by atoms with van der Waals surface area (Å²) in [7, 11) is 0. The van der Waals surface area contributed by atoms with Gasteiger partial charge in [-0.15, -0.1) is 0 Å². The number of aliphatic hydroxyl groups is 1. The van der Waals surface area contributed by atoms with Gasteiger partial charge in [0.15, 0.2) is 0 Å². The number of nitrogens with one attached hydrogen (secondary N) is 3. The van der Waals surface area contributed by atoms with E-state index in [1.165, 1.54) is 31.3 Å². The minimum atomic E-state index is -0.373. The lowest BCUT2D eigenvalue weighted by atomic mass is 9.32. The van der Waals surface area contributed by atoms with Crippen LogP contribution >= 0.6 is 0 Å². The van der Waals surface area contributed by atoms with Crippen LogP contribution in [-0.2, 0) is 22.5 Å². The Morgan fingerprint density at radius 1 is 0.758 bits per heavy atom. The first-order valence-corrected chi connectivity index (χ1v) is 24.2. The number of nitrogens with zero attached hydrogens (tertiary/aromatic N) is 1. The van der Waals surface area contributed by atoms with Crippen molar-refractivity contribution in [1.82, 2.24) is 20.9 Å². The molecule has 1 heterocycles. The molecule has 1 aliphatic heterocycles. The monoisotopic (exact) mass is 849 g/mol. The van der Waals surface area contributed by atoms with Gasteiger partial charge in [0.1, 0.15) is 0 Å². The summed E-state index contributed by atoms with van der Waals surface area (Å²) in [5.41, 5.74) is 4.52. The molecule has 3 amide bonds. The minimum Gasteiger partial charge on any atom is -0.393 e. The number of amides is 3. The van der Waals surface area contributed by atoms with Gasteiger partial charge in [0.2, 0.25) is 5.91 Å². The van der Waals surface area contributed by atoms with Gasteiger partial charge in [0.05, 0.1) is 24.7 Å². The van der Waals surface area contributed by atoms with Crippen LogP contribution in [0.4, 0.5) is 0 Å². The Balaban J connectivity index is 0.871. The second-order valence-corrected chi connectivity index (χ2v) is 22.0. The van der Waals surface area contributed by atoms with Crippen LogP contribution in [0.3, 0.4) is 0 Å². The standard InChI is InChI=1S/C53H76N4O5/c1-35(2)40-17-23-53(25-24-51(6)41(45(40)53)15-16-43-50(5)21-19-44(58)49(3,4)42(50)18-22-52(43,51)7)48(61)55-26-20-36-9-8-10-39(33-36)47(60)56-34-37-11-13-38(14-12-37)46(59)54-27-28-57-29-31-62-32-30-57/h8-14,33,40-45,58H,1,15-32,34H2,2-7H3,(H,54,59)(H,55,61)(H,56,60)/t40?,41?,42?,43?,44?,45?,50?,51-,52?,53?/m1/s1. The Hall–Kier alpha value is -3.53. The molecule has 5 aliphatic carbocycles. The lowest BCUT2D eigenvalue weighted by Gasteiger charge is -2.72. The van der Waals surface area contributed by atoms with Gasteiger partial charge in [0, 0.05) is 50.4 Å². The number of benzene rings is 2. The van der Waals surface area contributed by atoms with Gasteiger partial charge in [-0.2, -0.15) is 0 Å². The molecule has 9 heteroatoms. The van der Waals surface area contributed by atoms with Gasteiger partial charge >= 0.3 is 0 Å². The average Bonchev–Trinajstić information content (AvgIpc) is 3.67. The van der Waals surface area contributed by atoms with Gasteiger partial charge in [-0.05, 0) is 164 Å². The van der Waals surface area contributed by atoms with Crippen LogP contribution in [0.2, 0.25) is 0 Å². The molecule has 62 heavy (non-hydrogen) atoms. The molecule has 0 radical (unpaired) electrons. The lowest BCUT2D eigenvalue weighted by Crippen LogP contribution is -2.67. The van der Waals surface area contributed by atoms with Gasteiger partial charge in [-0.3, -0.25) is 19.3 Å². The Morgan fingerprint density at radius 3 is 2.24 bits per heavy atom. The third kappa shape index (κ3) is 7.88. The molecule has 1 saturated heterocycles. The molecule has 6 aliphatic rings. The number of fused-ring (bicyclic) bond motifs is 7. The number of aliphatic hydroxyl groups excluding tert-OH is 1. The van der Waals surface area contributed by atoms with Gasteiger partial charge in [-0.1, -0.05) is 71.0 Å². The Bertz CT molecular complexity index is 1990. The van der Waals surface area contributed by atoms with Crippen LogP contribution in [0.1, 0.15) is 138 Å². The quantitative estimate of drug-likeness (QED) is 0.160. The van der Waals surface area contributed by atoms with E-state index in [0.717, 1.165) is 82.5 Å². The number of carbonyl (C=O) groups excluding carboxylic acids is 3. The van der Waals surface area contributed by atoms with Crippen LogP contribution in [0.5, 0.6) is 0 Å². The van der Waals surface area contributed by atoms with E-state index in [4.69, 9.17) is 4.74 Å². The van der Waals surface area contributed by atoms with E-state index in [1.807, 2.05) is 36.4 Å². The number of morpholine rings is 1. The van der Waals surface area contributed by atoms with Crippen molar-refractivity contribution >= 4 is 17.7 Å². The molecular weight excluding hydrogens is 773 g/mol. The Morgan fingerprint density at radius 2 is 1.50 bits per heavy atom. The fourth-order valence-electron chi connectivity index (χ4n) is 15.2. The average molecular weight is 849 g/mol. The summed E-state index contributed by atoms with van der Waals surface area (Å²) >= 11 is 0. The van der Waals surface area contributed by atoms with E-state index >= 15 is 0 Å². The second-order valence-electron chi connectivity index (χ2n) is 22.0. The number of allylic oxidation sites excluding steroid dienone is 1. The summed E-state index contributed by atoms with van der Waals surface area (Å²) in [6.45, 7) is 24.8. The molecule has 10 atom stereocenters. The van der Waals surface area contributed by atoms with E-state index in [9.17, 15) is 19.5 Å². The highest BCUT2D eigenvalue weighted by molar-refractivity contribution is 5.95. The first-order chi connectivity index (χ1) is 29.5. The third-order valence-corrected chi connectivity index (χ3v) is 18.9. The van der Waals surface area contributed by atoms with Crippen molar-refractivity contribution in [3.8, 4) is 0 Å². The fourth-order valence-corrected chi connectivity index (χ4v) is 15.2. The fraction of sp³-hybridized carbons (Fsp3) is 0.679. The minimum absolute atomic E-state index is 0.0596. The van der Waals surface area contributed by atoms with Crippen LogP contribution in [0, 0.1) is 56.7 Å². The molecule has 9 nitrogen and oxygen atoms in total. The lowest BCUT2D eigenvalue weighted by molar-refractivity contribution is -0.246. The Kier molecular flexibility index (Phi) is 12.7. The summed E-state index contributed by atoms with van der Waals surface area (Å²) in [6.07, 6.45) is 11.3. The molecule has 8 rings (SSSR count). The Labute approximate surface area is 372 Å². The number of rotatable bonds is 12. The van der Waals surface area contributed by atoms with Crippen LogP contribution in [0.15, 0.2) is 60.7 Å². The third-order valence-electron chi connectivity index (χ3n) is 18.9. The number of carbonyl (C=O) groups is 3. The van der Waals surface area contributed by atoms with Gasteiger partial charge < -0.3 is 25.8 Å². The molecule has 2 aromatic rings. The van der Waals surface area contributed by atoms with Gasteiger partial charge in [-0.25, -0.2) is 0 Å². The first-order valence-electron chi connectivity index (χ1n) is 24.2. The van der Waals surface area contributed by atoms with E-state index in [-0.39, 0.29) is 50.9 Å². The zero-order chi connectivity index (χ0) is 44.1. The maximum absolute atomic E-state index is 14.7. The normalized spacial score (nSPS) is 36.2. The summed E-state index contributed by atoms with van der Waals surface area (Å²) in [4.78, 5) is 43.0. The van der Waals surface area contributed by atoms with Crippen LogP contribution in [0.25, 0.3) is 0 Å². The van der Waals surface area contributed by atoms with Crippen LogP contribution < -0.4 is 16.0 Å². The molecular formula is C53H76N4O5. The highest BCUT2D eigenvalue weighted by Crippen LogP contribution is 2.77. The largest absolute Gasteiger partial charge is 0.393 e. The second kappa shape index (κ2) is 17.5. The van der Waals surface area contributed by atoms with Crippen molar-refractivity contribution in [1.29, 1.82) is 0 Å². The van der Waals surface area contributed by atoms with E-state index in [1.54, 1.807) is 12.1 Å². The highest BCUT2D eigenvalue weighted by Gasteiger charge is 2.71. The first kappa shape index (κ1) is 45.1. The maximum Gasteiger partial charge on any atom is 0.251 e. The predicted molar refractivity (Wildman–Crippen MR) is 245 cm³/mol. The SMILES string of the molecule is C=C(C)C1CCC2(C(=O)NCCc3cccc(C(=O)NCc4ccc(C(=O)NCCN5CCOCC5)cc4)c3)CC[C@]3(C)C(CCC4C5(C)CCC(O)C(C)(C)C5CCC43C)C12. The summed E-state index contributed by atoms with van der Waals surface area (Å²) in [5.74, 6) is 2.30. The zero-order valence-corrected chi connectivity index (χ0v) is 38.8. The number of hydrogen-bond acceptors (Lipinski definition) is 6. The van der Waals surface area contributed by atoms with E-state index < -0.39 is 0 Å².